The summed E-state index contributed by atoms with van der Waals surface area (Å²) in [5.41, 5.74) is -0.848. The molecule has 2 atom stereocenters. The number of hydrogen-bond donors (Lipinski definition) is 2. The third kappa shape index (κ3) is 4.81. The molecule has 8 heteroatoms. The first kappa shape index (κ1) is 21.1. The number of azo groups is 1. The standard InChI is InChI=1S/C14H26N6.2ClH/c1-9-7-15-11(17-9)13(3,4)19-20-14(5,6)12-16-8-10(2)18-12;;/h9-10H,7-8H2,1-6H3,(H,15,17)(H,16,18);2*1H/b20-19+;;. The van der Waals surface area contributed by atoms with Crippen molar-refractivity contribution in [1.82, 2.24) is 10.6 Å². The quantitative estimate of drug-likeness (QED) is 0.764. The first-order chi connectivity index (χ1) is 9.21. The second-order valence-corrected chi connectivity index (χ2v) is 6.79. The van der Waals surface area contributed by atoms with Crippen molar-refractivity contribution >= 4 is 36.5 Å². The van der Waals surface area contributed by atoms with Gasteiger partial charge in [0.25, 0.3) is 0 Å². The van der Waals surface area contributed by atoms with Gasteiger partial charge in [-0.25, -0.2) is 0 Å². The minimum atomic E-state index is -0.424. The van der Waals surface area contributed by atoms with Crippen LogP contribution in [0.4, 0.5) is 0 Å². The van der Waals surface area contributed by atoms with Crippen molar-refractivity contribution in [2.45, 2.75) is 64.7 Å². The summed E-state index contributed by atoms with van der Waals surface area (Å²) in [6, 6.07) is 0.767. The Kier molecular flexibility index (Phi) is 7.29. The van der Waals surface area contributed by atoms with E-state index in [9.17, 15) is 0 Å². The number of aliphatic imine (C=N–C) groups is 2. The van der Waals surface area contributed by atoms with Crippen LogP contribution < -0.4 is 10.6 Å². The molecule has 0 spiro atoms. The van der Waals surface area contributed by atoms with Crippen LogP contribution in [0.15, 0.2) is 20.2 Å². The van der Waals surface area contributed by atoms with E-state index in [-0.39, 0.29) is 24.8 Å². The van der Waals surface area contributed by atoms with Crippen LogP contribution in [0.1, 0.15) is 41.5 Å². The van der Waals surface area contributed by atoms with Crippen LogP contribution in [0.3, 0.4) is 0 Å². The predicted molar refractivity (Wildman–Crippen MR) is 97.3 cm³/mol. The van der Waals surface area contributed by atoms with Gasteiger partial charge < -0.3 is 10.6 Å². The van der Waals surface area contributed by atoms with Crippen molar-refractivity contribution in [2.75, 3.05) is 13.1 Å². The fourth-order valence-electron chi connectivity index (χ4n) is 2.19. The molecule has 0 fully saturated rings. The Morgan fingerprint density at radius 2 is 1.14 bits per heavy atom. The molecular formula is C14H28Cl2N6. The summed E-state index contributed by atoms with van der Waals surface area (Å²) in [5, 5.41) is 15.8. The second-order valence-electron chi connectivity index (χ2n) is 6.79. The highest BCUT2D eigenvalue weighted by Crippen LogP contribution is 2.20. The smallest absolute Gasteiger partial charge is 0.133 e. The molecule has 22 heavy (non-hydrogen) atoms. The van der Waals surface area contributed by atoms with Gasteiger partial charge in [-0.2, -0.15) is 10.2 Å². The molecule has 2 unspecified atom stereocenters. The average Bonchev–Trinajstić information content (AvgIpc) is 2.96. The Bertz CT molecular complexity index is 428. The summed E-state index contributed by atoms with van der Waals surface area (Å²) in [6.45, 7) is 14.0. The van der Waals surface area contributed by atoms with E-state index in [0.717, 1.165) is 24.8 Å². The van der Waals surface area contributed by atoms with Crippen molar-refractivity contribution in [2.24, 2.45) is 20.2 Å². The first-order valence-corrected chi connectivity index (χ1v) is 7.28. The first-order valence-electron chi connectivity index (χ1n) is 7.28. The minimum absolute atomic E-state index is 0. The van der Waals surface area contributed by atoms with E-state index < -0.39 is 11.1 Å². The van der Waals surface area contributed by atoms with Crippen LogP contribution in [-0.4, -0.2) is 47.9 Å². The number of nitrogens with one attached hydrogen (secondary N) is 2. The zero-order chi connectivity index (χ0) is 15.0. The van der Waals surface area contributed by atoms with E-state index in [0.29, 0.717) is 12.1 Å². The summed E-state index contributed by atoms with van der Waals surface area (Å²) in [4.78, 5) is 9.01. The third-order valence-electron chi connectivity index (χ3n) is 3.52. The molecule has 0 saturated heterocycles. The van der Waals surface area contributed by atoms with E-state index in [1.54, 1.807) is 0 Å². The van der Waals surface area contributed by atoms with Gasteiger partial charge >= 0.3 is 0 Å². The van der Waals surface area contributed by atoms with Crippen LogP contribution in [0.5, 0.6) is 0 Å². The Morgan fingerprint density at radius 3 is 1.36 bits per heavy atom. The van der Waals surface area contributed by atoms with Gasteiger partial charge in [-0.05, 0) is 41.5 Å². The zero-order valence-electron chi connectivity index (χ0n) is 14.2. The van der Waals surface area contributed by atoms with Crippen molar-refractivity contribution in [3.63, 3.8) is 0 Å². The lowest BCUT2D eigenvalue weighted by Crippen LogP contribution is -2.43. The van der Waals surface area contributed by atoms with Gasteiger partial charge in [-0.1, -0.05) is 0 Å². The van der Waals surface area contributed by atoms with Crippen LogP contribution in [-0.2, 0) is 0 Å². The van der Waals surface area contributed by atoms with Crippen molar-refractivity contribution in [3.05, 3.63) is 0 Å². The van der Waals surface area contributed by atoms with E-state index in [1.165, 1.54) is 0 Å². The molecule has 2 aliphatic rings. The normalized spacial score (nSPS) is 24.8. The highest BCUT2D eigenvalue weighted by Gasteiger charge is 2.33. The van der Waals surface area contributed by atoms with Gasteiger partial charge in [-0.15, -0.1) is 24.8 Å². The summed E-state index contributed by atoms with van der Waals surface area (Å²) in [6.07, 6.45) is 0. The number of halogens is 2. The van der Waals surface area contributed by atoms with E-state index >= 15 is 0 Å². The Balaban J connectivity index is 0.00000220. The summed E-state index contributed by atoms with van der Waals surface area (Å²) in [5.74, 6) is 1.83. The Hall–Kier alpha value is -0.880. The molecule has 0 aromatic carbocycles. The lowest BCUT2D eigenvalue weighted by Gasteiger charge is -2.24. The highest BCUT2D eigenvalue weighted by molar-refractivity contribution is 5.93. The largest absolute Gasteiger partial charge is 0.367 e. The molecule has 2 rings (SSSR count). The molecule has 2 aliphatic heterocycles. The summed E-state index contributed by atoms with van der Waals surface area (Å²) >= 11 is 0. The molecule has 0 aromatic heterocycles. The minimum Gasteiger partial charge on any atom is -0.367 e. The maximum atomic E-state index is 4.52. The average molecular weight is 351 g/mol. The number of amidine groups is 2. The second kappa shape index (κ2) is 7.59. The molecule has 0 bridgehead atoms. The highest BCUT2D eigenvalue weighted by atomic mass is 35.5. The van der Waals surface area contributed by atoms with Crippen LogP contribution in [0.2, 0.25) is 0 Å². The number of hydrogen-bond acceptors (Lipinski definition) is 6. The molecular weight excluding hydrogens is 323 g/mol. The number of rotatable bonds is 4. The molecule has 0 saturated carbocycles. The van der Waals surface area contributed by atoms with Gasteiger partial charge in [0.15, 0.2) is 0 Å². The molecule has 0 radical (unpaired) electrons. The van der Waals surface area contributed by atoms with Crippen LogP contribution in [0.25, 0.3) is 0 Å². The maximum Gasteiger partial charge on any atom is 0.133 e. The van der Waals surface area contributed by atoms with Gasteiger partial charge in [0.2, 0.25) is 0 Å². The molecule has 0 aromatic rings. The van der Waals surface area contributed by atoms with Gasteiger partial charge in [0.05, 0.1) is 13.1 Å². The predicted octanol–water partition coefficient (Wildman–Crippen LogP) is 2.62. The fourth-order valence-corrected chi connectivity index (χ4v) is 2.19. The van der Waals surface area contributed by atoms with Crippen molar-refractivity contribution in [3.8, 4) is 0 Å². The zero-order valence-corrected chi connectivity index (χ0v) is 15.8. The van der Waals surface area contributed by atoms with E-state index in [2.05, 4.69) is 44.7 Å². The topological polar surface area (TPSA) is 73.5 Å². The molecule has 128 valence electrons. The fraction of sp³-hybridized carbons (Fsp3) is 0.857. The molecule has 2 N–H and O–H groups in total. The van der Waals surface area contributed by atoms with Gasteiger partial charge in [0.1, 0.15) is 22.7 Å². The van der Waals surface area contributed by atoms with Gasteiger partial charge in [-0.3, -0.25) is 9.98 Å². The van der Waals surface area contributed by atoms with Gasteiger partial charge in [0, 0.05) is 12.1 Å². The molecule has 2 heterocycles. The van der Waals surface area contributed by atoms with Crippen molar-refractivity contribution < 1.29 is 0 Å². The van der Waals surface area contributed by atoms with E-state index in [1.807, 2.05) is 27.7 Å². The SMILES string of the molecule is CC1CN=C(C(C)(C)/N=N/C(C)(C)C2=NCC(C)N2)N1.Cl.Cl. The Morgan fingerprint density at radius 1 is 0.818 bits per heavy atom. The molecule has 0 aliphatic carbocycles. The number of nitrogens with zero attached hydrogens (tertiary/aromatic N) is 4. The third-order valence-corrected chi connectivity index (χ3v) is 3.52. The maximum absolute atomic E-state index is 4.52. The van der Waals surface area contributed by atoms with Crippen LogP contribution in [0, 0.1) is 0 Å². The summed E-state index contributed by atoms with van der Waals surface area (Å²) in [7, 11) is 0. The summed E-state index contributed by atoms with van der Waals surface area (Å²) < 4.78 is 0. The lowest BCUT2D eigenvalue weighted by atomic mass is 10.0. The lowest BCUT2D eigenvalue weighted by molar-refractivity contribution is 0.546. The molecule has 0 amide bonds. The van der Waals surface area contributed by atoms with Crippen molar-refractivity contribution in [1.29, 1.82) is 0 Å². The van der Waals surface area contributed by atoms with Crippen LogP contribution >= 0.6 is 24.8 Å². The Labute approximate surface area is 145 Å². The monoisotopic (exact) mass is 350 g/mol. The molecule has 6 nitrogen and oxygen atoms in total. The van der Waals surface area contributed by atoms with E-state index in [4.69, 9.17) is 0 Å².